The molecule has 0 unspecified atom stereocenters. The lowest BCUT2D eigenvalue weighted by Crippen LogP contribution is -2.29. The monoisotopic (exact) mass is 485 g/mol. The first kappa shape index (κ1) is 24.8. The number of hydrogen-bond donors (Lipinski definition) is 1. The fraction of sp³-hybridized carbons (Fsp3) is 0.231. The van der Waals surface area contributed by atoms with Crippen molar-refractivity contribution >= 4 is 35.1 Å². The van der Waals surface area contributed by atoms with Crippen LogP contribution in [0.2, 0.25) is 10.0 Å². The van der Waals surface area contributed by atoms with Gasteiger partial charge in [0.2, 0.25) is 0 Å². The van der Waals surface area contributed by atoms with Crippen molar-refractivity contribution in [3.05, 3.63) is 105 Å². The van der Waals surface area contributed by atoms with Crippen LogP contribution in [0.4, 0.5) is 0 Å². The maximum absolute atomic E-state index is 12.7. The van der Waals surface area contributed by atoms with Gasteiger partial charge in [-0.3, -0.25) is 9.59 Å². The number of rotatable bonds is 9. The van der Waals surface area contributed by atoms with E-state index in [9.17, 15) is 9.59 Å². The zero-order chi connectivity index (χ0) is 23.8. The summed E-state index contributed by atoms with van der Waals surface area (Å²) in [5, 5.41) is 0.645. The first-order valence-corrected chi connectivity index (χ1v) is 11.2. The molecule has 5 nitrogen and oxygen atoms in total. The van der Waals surface area contributed by atoms with Gasteiger partial charge < -0.3 is 9.57 Å². The third-order valence-electron chi connectivity index (χ3n) is 5.28. The van der Waals surface area contributed by atoms with E-state index >= 15 is 0 Å². The van der Waals surface area contributed by atoms with Crippen LogP contribution >= 0.6 is 23.2 Å². The minimum Gasteiger partial charge on any atom is -0.469 e. The van der Waals surface area contributed by atoms with Crippen molar-refractivity contribution in [1.29, 1.82) is 0 Å². The Labute approximate surface area is 203 Å². The maximum atomic E-state index is 12.7. The first-order valence-electron chi connectivity index (χ1n) is 10.5. The summed E-state index contributed by atoms with van der Waals surface area (Å²) in [7, 11) is 1.27. The molecule has 3 aromatic rings. The molecule has 2 atom stereocenters. The molecule has 0 heterocycles. The number of halogens is 2. The van der Waals surface area contributed by atoms with Gasteiger partial charge in [-0.25, -0.2) is 0 Å². The quantitative estimate of drug-likeness (QED) is 0.298. The summed E-state index contributed by atoms with van der Waals surface area (Å²) < 4.78 is 4.88. The highest BCUT2D eigenvalue weighted by molar-refractivity contribution is 6.42. The van der Waals surface area contributed by atoms with Crippen molar-refractivity contribution < 1.29 is 19.2 Å². The van der Waals surface area contributed by atoms with Crippen LogP contribution in [-0.4, -0.2) is 19.0 Å². The van der Waals surface area contributed by atoms with Crippen molar-refractivity contribution in [2.75, 3.05) is 7.11 Å². The highest BCUT2D eigenvalue weighted by atomic mass is 35.5. The summed E-state index contributed by atoms with van der Waals surface area (Å²) in [6.45, 7) is 2.03. The van der Waals surface area contributed by atoms with Gasteiger partial charge >= 0.3 is 11.9 Å². The molecule has 0 bridgehead atoms. The molecule has 0 spiro atoms. The third kappa shape index (κ3) is 7.06. The van der Waals surface area contributed by atoms with Gasteiger partial charge in [0.25, 0.3) is 0 Å². The second-order valence-electron chi connectivity index (χ2n) is 7.70. The van der Waals surface area contributed by atoms with Gasteiger partial charge in [-0.1, -0.05) is 89.4 Å². The molecule has 3 aromatic carbocycles. The van der Waals surface area contributed by atoms with Crippen LogP contribution in [0.3, 0.4) is 0 Å². The van der Waals surface area contributed by atoms with Crippen LogP contribution in [0.5, 0.6) is 0 Å². The number of carbonyl (C=O) groups is 2. The number of hydroxylamine groups is 1. The second kappa shape index (κ2) is 11.8. The van der Waals surface area contributed by atoms with Crippen LogP contribution in [-0.2, 0) is 25.6 Å². The number of carbonyl (C=O) groups excluding carboxylic acids is 2. The fourth-order valence-electron chi connectivity index (χ4n) is 3.43. The Hall–Kier alpha value is -2.86. The normalized spacial score (nSPS) is 12.6. The topological polar surface area (TPSA) is 64.6 Å². The van der Waals surface area contributed by atoms with Crippen molar-refractivity contribution in [2.45, 2.75) is 31.7 Å². The number of methoxy groups -OCH3 is 1. The zero-order valence-corrected chi connectivity index (χ0v) is 19.9. The average Bonchev–Trinajstić information content (AvgIpc) is 2.83. The van der Waals surface area contributed by atoms with Gasteiger partial charge in [0.1, 0.15) is 0 Å². The van der Waals surface area contributed by atoms with E-state index < -0.39 is 17.9 Å². The minimum atomic E-state index is -0.869. The molecule has 0 aliphatic heterocycles. The van der Waals surface area contributed by atoms with E-state index in [1.807, 2.05) is 61.5 Å². The lowest BCUT2D eigenvalue weighted by molar-refractivity contribution is -0.157. The molecule has 0 aromatic heterocycles. The molecule has 0 saturated heterocycles. The predicted octanol–water partition coefficient (Wildman–Crippen LogP) is 5.98. The molecule has 0 saturated carbocycles. The number of aryl methyl sites for hydroxylation is 1. The molecular formula is C26H25Cl2NO4. The number of esters is 1. The molecule has 1 N–H and O–H groups in total. The number of ether oxygens (including phenoxy) is 1. The molecule has 0 aliphatic carbocycles. The van der Waals surface area contributed by atoms with Crippen molar-refractivity contribution in [2.24, 2.45) is 0 Å². The molecule has 0 aliphatic rings. The Balaban J connectivity index is 1.71. The van der Waals surface area contributed by atoms with E-state index in [-0.39, 0.29) is 17.5 Å². The highest BCUT2D eigenvalue weighted by Gasteiger charge is 2.27. The van der Waals surface area contributed by atoms with E-state index in [0.29, 0.717) is 17.0 Å². The average molecular weight is 486 g/mol. The summed E-state index contributed by atoms with van der Waals surface area (Å²) >= 11 is 12.1. The van der Waals surface area contributed by atoms with Crippen molar-refractivity contribution in [3.63, 3.8) is 0 Å². The van der Waals surface area contributed by atoms with Crippen molar-refractivity contribution in [1.82, 2.24) is 5.48 Å². The van der Waals surface area contributed by atoms with E-state index in [2.05, 4.69) is 5.48 Å². The lowest BCUT2D eigenvalue weighted by Gasteiger charge is -2.20. The molecule has 33 heavy (non-hydrogen) atoms. The Bertz CT molecular complexity index is 1090. The SMILES string of the molecule is COC(=O)[C@@H](CC(=O)ON[C@@H](Cc1ccc(C)cc1)c1ccccc1)c1ccc(Cl)c(Cl)c1. The molecule has 0 fully saturated rings. The van der Waals surface area contributed by atoms with Gasteiger partial charge in [0.05, 0.1) is 35.5 Å². The predicted molar refractivity (Wildman–Crippen MR) is 129 cm³/mol. The first-order chi connectivity index (χ1) is 15.9. The van der Waals surface area contributed by atoms with E-state index in [1.54, 1.807) is 18.2 Å². The summed E-state index contributed by atoms with van der Waals surface area (Å²) in [6.07, 6.45) is 0.397. The van der Waals surface area contributed by atoms with Gasteiger partial charge in [0.15, 0.2) is 0 Å². The van der Waals surface area contributed by atoms with Gasteiger partial charge in [-0.05, 0) is 42.2 Å². The standard InChI is InChI=1S/C26H25Cl2NO4/c1-17-8-10-18(11-9-17)14-24(19-6-4-3-5-7-19)29-33-25(30)16-21(26(31)32-2)20-12-13-22(27)23(28)15-20/h3-13,15,21,24,29H,14,16H2,1-2H3/t21-,24-/m0/s1. The van der Waals surface area contributed by atoms with E-state index in [4.69, 9.17) is 32.8 Å². The minimum absolute atomic E-state index is 0.219. The van der Waals surface area contributed by atoms with Gasteiger partial charge in [-0.2, -0.15) is 0 Å². The zero-order valence-electron chi connectivity index (χ0n) is 18.4. The summed E-state index contributed by atoms with van der Waals surface area (Å²) in [4.78, 5) is 30.4. The number of hydrogen-bond acceptors (Lipinski definition) is 5. The molecule has 0 amide bonds. The maximum Gasteiger partial charge on any atom is 0.325 e. The van der Waals surface area contributed by atoms with Crippen molar-refractivity contribution in [3.8, 4) is 0 Å². The summed E-state index contributed by atoms with van der Waals surface area (Å²) in [5.41, 5.74) is 6.65. The highest BCUT2D eigenvalue weighted by Crippen LogP contribution is 2.29. The Morgan fingerprint density at radius 3 is 2.24 bits per heavy atom. The van der Waals surface area contributed by atoms with Crippen LogP contribution < -0.4 is 5.48 Å². The van der Waals surface area contributed by atoms with Crippen LogP contribution in [0.1, 0.15) is 40.6 Å². The summed E-state index contributed by atoms with van der Waals surface area (Å²) in [5.74, 6) is -2.03. The third-order valence-corrected chi connectivity index (χ3v) is 6.02. The Morgan fingerprint density at radius 1 is 0.909 bits per heavy atom. The summed E-state index contributed by atoms with van der Waals surface area (Å²) in [6, 6.07) is 22.4. The Morgan fingerprint density at radius 2 is 1.61 bits per heavy atom. The molecular weight excluding hydrogens is 461 g/mol. The molecule has 0 radical (unpaired) electrons. The van der Waals surface area contributed by atoms with Crippen LogP contribution in [0.15, 0.2) is 72.8 Å². The fourth-order valence-corrected chi connectivity index (χ4v) is 3.73. The number of nitrogens with one attached hydrogen (secondary N) is 1. The Kier molecular flexibility index (Phi) is 8.89. The van der Waals surface area contributed by atoms with E-state index in [1.165, 1.54) is 12.7 Å². The molecule has 7 heteroatoms. The molecule has 172 valence electrons. The second-order valence-corrected chi connectivity index (χ2v) is 8.51. The van der Waals surface area contributed by atoms with Crippen LogP contribution in [0, 0.1) is 6.92 Å². The van der Waals surface area contributed by atoms with Gasteiger partial charge in [0, 0.05) is 0 Å². The lowest BCUT2D eigenvalue weighted by atomic mass is 9.96. The number of benzene rings is 3. The smallest absolute Gasteiger partial charge is 0.325 e. The largest absolute Gasteiger partial charge is 0.469 e. The van der Waals surface area contributed by atoms with E-state index in [0.717, 1.165) is 11.1 Å². The molecule has 3 rings (SSSR count). The van der Waals surface area contributed by atoms with Gasteiger partial charge in [-0.15, -0.1) is 5.48 Å². The van der Waals surface area contributed by atoms with Crippen LogP contribution in [0.25, 0.3) is 0 Å².